The first kappa shape index (κ1) is 9.01. The van der Waals surface area contributed by atoms with E-state index in [0.29, 0.717) is 0 Å². The van der Waals surface area contributed by atoms with Crippen LogP contribution in [0.15, 0.2) is 0 Å². The quantitative estimate of drug-likeness (QED) is 0.528. The number of rotatable bonds is 0. The van der Waals surface area contributed by atoms with Crippen molar-refractivity contribution >= 4 is 0 Å². The van der Waals surface area contributed by atoms with E-state index in [2.05, 4.69) is 11.9 Å². The maximum absolute atomic E-state index is 5.43. The molecule has 0 N–H and O–H groups in total. The predicted octanol–water partition coefficient (Wildman–Crippen LogP) is 1.51. The van der Waals surface area contributed by atoms with Crippen molar-refractivity contribution in [2.75, 3.05) is 33.4 Å². The second-order valence-corrected chi connectivity index (χ2v) is 3.33. The Hall–Kier alpha value is -0.0800. The fraction of sp³-hybridized carbons (Fsp3) is 1.00. The van der Waals surface area contributed by atoms with E-state index in [1.165, 1.54) is 38.8 Å². The van der Waals surface area contributed by atoms with Crippen LogP contribution in [0.4, 0.5) is 0 Å². The van der Waals surface area contributed by atoms with Crippen molar-refractivity contribution in [2.24, 2.45) is 0 Å². The molecule has 1 aliphatic heterocycles. The van der Waals surface area contributed by atoms with Gasteiger partial charge in [-0.2, -0.15) is 0 Å². The maximum atomic E-state index is 5.43. The minimum atomic E-state index is 0.966. The van der Waals surface area contributed by atoms with E-state index in [1.54, 1.807) is 0 Å². The highest BCUT2D eigenvalue weighted by Crippen LogP contribution is 2.00. The van der Waals surface area contributed by atoms with Crippen molar-refractivity contribution in [2.45, 2.75) is 25.7 Å². The highest BCUT2D eigenvalue weighted by atomic mass is 16.5. The topological polar surface area (TPSA) is 12.5 Å². The van der Waals surface area contributed by atoms with E-state index >= 15 is 0 Å². The Morgan fingerprint density at radius 1 is 0.909 bits per heavy atom. The molecule has 0 aromatic rings. The fourth-order valence-electron chi connectivity index (χ4n) is 1.39. The van der Waals surface area contributed by atoms with Crippen LogP contribution in [0, 0.1) is 0 Å². The van der Waals surface area contributed by atoms with Gasteiger partial charge in [-0.05, 0) is 45.8 Å². The van der Waals surface area contributed by atoms with Gasteiger partial charge in [0.05, 0.1) is 0 Å². The third-order valence-electron chi connectivity index (χ3n) is 2.16. The molecule has 11 heavy (non-hydrogen) atoms. The SMILES string of the molecule is CN1CCCCOCCCC1. The lowest BCUT2D eigenvalue weighted by atomic mass is 10.2. The molecule has 0 bridgehead atoms. The van der Waals surface area contributed by atoms with Crippen molar-refractivity contribution in [3.8, 4) is 0 Å². The molecular formula is C9H19NO. The Morgan fingerprint density at radius 2 is 1.45 bits per heavy atom. The van der Waals surface area contributed by atoms with Gasteiger partial charge in [0.15, 0.2) is 0 Å². The summed E-state index contributed by atoms with van der Waals surface area (Å²) in [6, 6.07) is 0. The van der Waals surface area contributed by atoms with Crippen molar-refractivity contribution in [1.29, 1.82) is 0 Å². The molecule has 1 aliphatic rings. The van der Waals surface area contributed by atoms with Gasteiger partial charge >= 0.3 is 0 Å². The number of hydrogen-bond donors (Lipinski definition) is 0. The standard InChI is InChI=1S/C9H19NO/c1-10-6-2-4-8-11-9-5-3-7-10/h2-9H2,1H3. The first-order valence-electron chi connectivity index (χ1n) is 4.66. The zero-order valence-electron chi connectivity index (χ0n) is 7.51. The molecule has 0 saturated carbocycles. The summed E-state index contributed by atoms with van der Waals surface area (Å²) in [4.78, 5) is 2.42. The number of hydrogen-bond acceptors (Lipinski definition) is 2. The van der Waals surface area contributed by atoms with Gasteiger partial charge in [-0.1, -0.05) is 0 Å². The van der Waals surface area contributed by atoms with Crippen LogP contribution in [0.1, 0.15) is 25.7 Å². The van der Waals surface area contributed by atoms with Gasteiger partial charge in [0, 0.05) is 13.2 Å². The van der Waals surface area contributed by atoms with Crippen LogP contribution in [0.3, 0.4) is 0 Å². The average Bonchev–Trinajstić information content (AvgIpc) is 2.03. The molecule has 0 unspecified atom stereocenters. The second-order valence-electron chi connectivity index (χ2n) is 3.33. The van der Waals surface area contributed by atoms with Crippen LogP contribution in [-0.2, 0) is 4.74 Å². The van der Waals surface area contributed by atoms with Crippen molar-refractivity contribution in [3.05, 3.63) is 0 Å². The molecule has 2 heteroatoms. The number of ether oxygens (including phenoxy) is 1. The lowest BCUT2D eigenvalue weighted by Gasteiger charge is -2.17. The highest BCUT2D eigenvalue weighted by Gasteiger charge is 2.00. The summed E-state index contributed by atoms with van der Waals surface area (Å²) in [7, 11) is 2.21. The summed E-state index contributed by atoms with van der Waals surface area (Å²) in [6.07, 6.45) is 5.03. The molecule has 66 valence electrons. The van der Waals surface area contributed by atoms with Crippen LogP contribution in [0.5, 0.6) is 0 Å². The first-order valence-corrected chi connectivity index (χ1v) is 4.66. The molecule has 1 rings (SSSR count). The van der Waals surface area contributed by atoms with E-state index in [9.17, 15) is 0 Å². The largest absolute Gasteiger partial charge is 0.381 e. The predicted molar refractivity (Wildman–Crippen MR) is 46.8 cm³/mol. The summed E-state index contributed by atoms with van der Waals surface area (Å²) in [5.41, 5.74) is 0. The summed E-state index contributed by atoms with van der Waals surface area (Å²) in [5.74, 6) is 0. The van der Waals surface area contributed by atoms with Crippen molar-refractivity contribution in [1.82, 2.24) is 4.90 Å². The molecule has 1 fully saturated rings. The second kappa shape index (κ2) is 5.56. The Kier molecular flexibility index (Phi) is 4.55. The Labute approximate surface area is 69.5 Å². The van der Waals surface area contributed by atoms with Crippen LogP contribution in [-0.4, -0.2) is 38.3 Å². The Morgan fingerprint density at radius 3 is 2.00 bits per heavy atom. The van der Waals surface area contributed by atoms with E-state index in [-0.39, 0.29) is 0 Å². The molecule has 0 aromatic heterocycles. The molecule has 1 heterocycles. The summed E-state index contributed by atoms with van der Waals surface area (Å²) < 4.78 is 5.43. The first-order chi connectivity index (χ1) is 5.39. The third-order valence-corrected chi connectivity index (χ3v) is 2.16. The van der Waals surface area contributed by atoms with Crippen molar-refractivity contribution < 1.29 is 4.74 Å². The van der Waals surface area contributed by atoms with Gasteiger partial charge < -0.3 is 9.64 Å². The summed E-state index contributed by atoms with van der Waals surface area (Å²) >= 11 is 0. The zero-order chi connectivity index (χ0) is 7.94. The van der Waals surface area contributed by atoms with E-state index < -0.39 is 0 Å². The summed E-state index contributed by atoms with van der Waals surface area (Å²) in [5, 5.41) is 0. The molecular weight excluding hydrogens is 138 g/mol. The minimum Gasteiger partial charge on any atom is -0.381 e. The van der Waals surface area contributed by atoms with Gasteiger partial charge in [0.25, 0.3) is 0 Å². The fourth-order valence-corrected chi connectivity index (χ4v) is 1.39. The molecule has 2 nitrogen and oxygen atoms in total. The van der Waals surface area contributed by atoms with E-state index in [4.69, 9.17) is 4.74 Å². The van der Waals surface area contributed by atoms with Gasteiger partial charge in [0.2, 0.25) is 0 Å². The molecule has 0 aromatic carbocycles. The smallest absolute Gasteiger partial charge is 0.0466 e. The highest BCUT2D eigenvalue weighted by molar-refractivity contribution is 4.54. The normalized spacial score (nSPS) is 24.8. The zero-order valence-corrected chi connectivity index (χ0v) is 7.51. The van der Waals surface area contributed by atoms with E-state index in [0.717, 1.165) is 13.2 Å². The minimum absolute atomic E-state index is 0.966. The maximum Gasteiger partial charge on any atom is 0.0466 e. The van der Waals surface area contributed by atoms with Crippen LogP contribution < -0.4 is 0 Å². The van der Waals surface area contributed by atoms with Crippen LogP contribution >= 0.6 is 0 Å². The molecule has 0 radical (unpaired) electrons. The van der Waals surface area contributed by atoms with Gasteiger partial charge in [-0.15, -0.1) is 0 Å². The molecule has 1 saturated heterocycles. The Balaban J connectivity index is 2.12. The van der Waals surface area contributed by atoms with Gasteiger partial charge in [0.1, 0.15) is 0 Å². The lowest BCUT2D eigenvalue weighted by molar-refractivity contribution is 0.115. The van der Waals surface area contributed by atoms with Gasteiger partial charge in [-0.3, -0.25) is 0 Å². The molecule has 0 spiro atoms. The Bertz CT molecular complexity index is 85.6. The average molecular weight is 157 g/mol. The number of nitrogens with zero attached hydrogens (tertiary/aromatic N) is 1. The molecule has 0 amide bonds. The van der Waals surface area contributed by atoms with Crippen LogP contribution in [0.2, 0.25) is 0 Å². The van der Waals surface area contributed by atoms with Crippen LogP contribution in [0.25, 0.3) is 0 Å². The third kappa shape index (κ3) is 4.38. The van der Waals surface area contributed by atoms with Crippen molar-refractivity contribution in [3.63, 3.8) is 0 Å². The van der Waals surface area contributed by atoms with E-state index in [1.807, 2.05) is 0 Å². The summed E-state index contributed by atoms with van der Waals surface area (Å²) in [6.45, 7) is 4.41. The van der Waals surface area contributed by atoms with Gasteiger partial charge in [-0.25, -0.2) is 0 Å². The lowest BCUT2D eigenvalue weighted by Crippen LogP contribution is -2.22. The molecule has 0 atom stereocenters. The monoisotopic (exact) mass is 157 g/mol. The molecule has 0 aliphatic carbocycles.